The van der Waals surface area contributed by atoms with Gasteiger partial charge in [0.05, 0.1) is 17.6 Å². The van der Waals surface area contributed by atoms with Gasteiger partial charge in [-0.3, -0.25) is 0 Å². The predicted molar refractivity (Wildman–Crippen MR) is 101 cm³/mol. The number of hydrogen-bond acceptors (Lipinski definition) is 5. The molecular weight excluding hydrogens is 352 g/mol. The molecule has 3 N–H and O–H groups in total. The number of aliphatic hydroxyl groups excluding tert-OH is 2. The lowest BCUT2D eigenvalue weighted by Crippen LogP contribution is -2.37. The molecule has 7 heteroatoms. The number of sulfonamides is 1. The third-order valence-corrected chi connectivity index (χ3v) is 7.49. The summed E-state index contributed by atoms with van der Waals surface area (Å²) in [5.41, 5.74) is 0.940. The quantitative estimate of drug-likeness (QED) is 0.701. The van der Waals surface area contributed by atoms with Crippen molar-refractivity contribution in [2.75, 3.05) is 25.0 Å². The molecule has 3 atom stereocenters. The van der Waals surface area contributed by atoms with E-state index in [9.17, 15) is 13.5 Å². The van der Waals surface area contributed by atoms with E-state index >= 15 is 0 Å². The fraction of sp³-hybridized carbons (Fsp3) is 0.684. The number of anilines is 1. The second kappa shape index (κ2) is 6.78. The second-order valence-electron chi connectivity index (χ2n) is 9.01. The Kier molecular flexibility index (Phi) is 5.11. The molecular formula is C19H30N2O4S. The topological polar surface area (TPSA) is 89.9 Å². The van der Waals surface area contributed by atoms with Gasteiger partial charge in [0, 0.05) is 24.8 Å². The first-order chi connectivity index (χ1) is 12.0. The molecule has 2 aliphatic rings. The van der Waals surface area contributed by atoms with E-state index in [-0.39, 0.29) is 30.0 Å². The van der Waals surface area contributed by atoms with E-state index in [1.54, 1.807) is 28.6 Å². The monoisotopic (exact) mass is 382 g/mol. The van der Waals surface area contributed by atoms with Crippen molar-refractivity contribution in [2.24, 2.45) is 10.8 Å². The van der Waals surface area contributed by atoms with E-state index in [4.69, 9.17) is 5.11 Å². The first-order valence-electron chi connectivity index (χ1n) is 9.19. The molecule has 0 radical (unpaired) electrons. The summed E-state index contributed by atoms with van der Waals surface area (Å²) < 4.78 is 28.1. The van der Waals surface area contributed by atoms with Gasteiger partial charge in [-0.05, 0) is 54.4 Å². The van der Waals surface area contributed by atoms with Crippen LogP contribution in [0.25, 0.3) is 0 Å². The van der Waals surface area contributed by atoms with Crippen molar-refractivity contribution >= 4 is 15.7 Å². The molecule has 0 amide bonds. The molecule has 26 heavy (non-hydrogen) atoms. The van der Waals surface area contributed by atoms with E-state index in [0.717, 1.165) is 19.3 Å². The zero-order chi connectivity index (χ0) is 19.2. The molecule has 3 rings (SSSR count). The van der Waals surface area contributed by atoms with Crippen LogP contribution in [0.1, 0.15) is 40.0 Å². The van der Waals surface area contributed by atoms with Gasteiger partial charge in [-0.15, -0.1) is 0 Å². The minimum absolute atomic E-state index is 0.0570. The van der Waals surface area contributed by atoms with Gasteiger partial charge in [0.25, 0.3) is 0 Å². The van der Waals surface area contributed by atoms with Crippen LogP contribution in [0.5, 0.6) is 0 Å². The van der Waals surface area contributed by atoms with Crippen LogP contribution in [0.3, 0.4) is 0 Å². The maximum atomic E-state index is 13.2. The van der Waals surface area contributed by atoms with Crippen LogP contribution >= 0.6 is 0 Å². The average molecular weight is 383 g/mol. The maximum absolute atomic E-state index is 13.2. The number of hydrogen-bond donors (Lipinski definition) is 3. The first-order valence-corrected chi connectivity index (χ1v) is 10.6. The fourth-order valence-corrected chi connectivity index (χ4v) is 6.64. The number of nitrogens with one attached hydrogen (secondary N) is 1. The van der Waals surface area contributed by atoms with Gasteiger partial charge in [-0.1, -0.05) is 20.8 Å². The smallest absolute Gasteiger partial charge is 0.243 e. The number of benzene rings is 1. The summed E-state index contributed by atoms with van der Waals surface area (Å²) in [4.78, 5) is 0.305. The van der Waals surface area contributed by atoms with Crippen molar-refractivity contribution in [1.29, 1.82) is 0 Å². The highest BCUT2D eigenvalue weighted by molar-refractivity contribution is 7.89. The molecule has 146 valence electrons. The molecule has 1 saturated heterocycles. The van der Waals surface area contributed by atoms with Crippen molar-refractivity contribution < 1.29 is 18.6 Å². The van der Waals surface area contributed by atoms with E-state index in [0.29, 0.717) is 17.1 Å². The van der Waals surface area contributed by atoms with Gasteiger partial charge in [0.1, 0.15) is 0 Å². The predicted octanol–water partition coefficient (Wildman–Crippen LogP) is 2.04. The summed E-state index contributed by atoms with van der Waals surface area (Å²) in [5, 5.41) is 21.2. The zero-order valence-corrected chi connectivity index (χ0v) is 16.6. The maximum Gasteiger partial charge on any atom is 0.243 e. The number of nitrogens with zero attached hydrogens (tertiary/aromatic N) is 1. The summed E-state index contributed by atoms with van der Waals surface area (Å²) >= 11 is 0. The Morgan fingerprint density at radius 3 is 2.50 bits per heavy atom. The van der Waals surface area contributed by atoms with Crippen LogP contribution in [-0.2, 0) is 10.0 Å². The summed E-state index contributed by atoms with van der Waals surface area (Å²) in [5.74, 6) is 0. The molecule has 2 bridgehead atoms. The van der Waals surface area contributed by atoms with Crippen molar-refractivity contribution in [2.45, 2.75) is 57.1 Å². The molecule has 1 saturated carbocycles. The summed E-state index contributed by atoms with van der Waals surface area (Å²) in [6, 6.07) is 6.69. The molecule has 6 nitrogen and oxygen atoms in total. The molecule has 0 spiro atoms. The molecule has 3 unspecified atom stereocenters. The van der Waals surface area contributed by atoms with Crippen LogP contribution in [-0.4, -0.2) is 54.8 Å². The van der Waals surface area contributed by atoms with Crippen molar-refractivity contribution in [3.63, 3.8) is 0 Å². The van der Waals surface area contributed by atoms with Crippen LogP contribution in [0.2, 0.25) is 0 Å². The van der Waals surface area contributed by atoms with Gasteiger partial charge in [0.15, 0.2) is 0 Å². The SMILES string of the molecule is CC1(C)CC2CC(C)(CN2S(=O)(=O)c2ccc(NCC(O)CO)cc2)C1. The Labute approximate surface area is 156 Å². The minimum atomic E-state index is -3.52. The number of fused-ring (bicyclic) bond motifs is 2. The van der Waals surface area contributed by atoms with Gasteiger partial charge < -0.3 is 15.5 Å². The lowest BCUT2D eigenvalue weighted by molar-refractivity contribution is 0.105. The van der Waals surface area contributed by atoms with E-state index < -0.39 is 16.1 Å². The van der Waals surface area contributed by atoms with Gasteiger partial charge >= 0.3 is 0 Å². The molecule has 2 fully saturated rings. The van der Waals surface area contributed by atoms with Crippen LogP contribution < -0.4 is 5.32 Å². The number of rotatable bonds is 6. The van der Waals surface area contributed by atoms with Crippen molar-refractivity contribution in [3.8, 4) is 0 Å². The minimum Gasteiger partial charge on any atom is -0.394 e. The van der Waals surface area contributed by atoms with Crippen molar-refractivity contribution in [1.82, 2.24) is 4.31 Å². The summed E-state index contributed by atoms with van der Waals surface area (Å²) in [6.45, 7) is 7.15. The molecule has 1 aliphatic carbocycles. The Bertz CT molecular complexity index is 747. The Morgan fingerprint density at radius 1 is 1.23 bits per heavy atom. The highest BCUT2D eigenvalue weighted by Gasteiger charge is 2.53. The molecule has 1 aromatic rings. The third kappa shape index (κ3) is 3.91. The van der Waals surface area contributed by atoms with Gasteiger partial charge in [-0.2, -0.15) is 4.31 Å². The van der Waals surface area contributed by atoms with E-state index in [2.05, 4.69) is 26.1 Å². The highest BCUT2D eigenvalue weighted by atomic mass is 32.2. The second-order valence-corrected chi connectivity index (χ2v) is 10.9. The van der Waals surface area contributed by atoms with Crippen LogP contribution in [0.4, 0.5) is 5.69 Å². The molecule has 1 aliphatic heterocycles. The van der Waals surface area contributed by atoms with Crippen LogP contribution in [0.15, 0.2) is 29.2 Å². The van der Waals surface area contributed by atoms with E-state index in [1.807, 2.05) is 0 Å². The van der Waals surface area contributed by atoms with Crippen molar-refractivity contribution in [3.05, 3.63) is 24.3 Å². The number of aliphatic hydroxyl groups is 2. The molecule has 0 aromatic heterocycles. The zero-order valence-electron chi connectivity index (χ0n) is 15.8. The van der Waals surface area contributed by atoms with Crippen LogP contribution in [0, 0.1) is 10.8 Å². The van der Waals surface area contributed by atoms with Gasteiger partial charge in [0.2, 0.25) is 10.0 Å². The lowest BCUT2D eigenvalue weighted by Gasteiger charge is -2.39. The largest absolute Gasteiger partial charge is 0.394 e. The summed E-state index contributed by atoms with van der Waals surface area (Å²) in [6.07, 6.45) is 2.05. The molecule has 1 aromatic carbocycles. The third-order valence-electron chi connectivity index (χ3n) is 5.58. The summed E-state index contributed by atoms with van der Waals surface area (Å²) in [7, 11) is -3.52. The molecule has 1 heterocycles. The first kappa shape index (κ1) is 19.6. The Balaban J connectivity index is 1.76. The standard InChI is InChI=1S/C19H30N2O4S/c1-18(2)8-15-9-19(3,12-18)13-21(15)26(24,25)17-6-4-14(5-7-17)20-10-16(23)11-22/h4-7,15-16,20,22-23H,8-13H2,1-3H3. The van der Waals surface area contributed by atoms with Gasteiger partial charge in [-0.25, -0.2) is 8.42 Å². The Hall–Kier alpha value is -1.15. The average Bonchev–Trinajstić information content (AvgIpc) is 2.82. The van der Waals surface area contributed by atoms with E-state index in [1.165, 1.54) is 0 Å². The fourth-order valence-electron chi connectivity index (χ4n) is 4.87. The Morgan fingerprint density at radius 2 is 1.88 bits per heavy atom. The lowest BCUT2D eigenvalue weighted by atomic mass is 9.65. The highest BCUT2D eigenvalue weighted by Crippen LogP contribution is 2.53. The normalized spacial score (nSPS) is 29.5.